The zero-order valence-corrected chi connectivity index (χ0v) is 15.8. The Labute approximate surface area is 157 Å². The number of carbonyl (C=O) groups excluding carboxylic acids is 2. The van der Waals surface area contributed by atoms with Crippen LogP contribution in [0.3, 0.4) is 0 Å². The first-order valence-corrected chi connectivity index (χ1v) is 9.63. The van der Waals surface area contributed by atoms with Crippen molar-refractivity contribution in [3.05, 3.63) is 34.5 Å². The van der Waals surface area contributed by atoms with E-state index in [9.17, 15) is 9.59 Å². The molecule has 8 heteroatoms. The Morgan fingerprint density at radius 1 is 1.26 bits per heavy atom. The molecule has 0 atom stereocenters. The highest BCUT2D eigenvalue weighted by atomic mass is 16.5. The molecule has 2 aromatic rings. The number of hydrogen-bond acceptors (Lipinski definition) is 5. The summed E-state index contributed by atoms with van der Waals surface area (Å²) < 4.78 is 7.23. The predicted molar refractivity (Wildman–Crippen MR) is 96.8 cm³/mol. The average Bonchev–Trinajstić information content (AvgIpc) is 3.28. The maximum atomic E-state index is 12.5. The Morgan fingerprint density at radius 2 is 2.07 bits per heavy atom. The van der Waals surface area contributed by atoms with Crippen molar-refractivity contribution in [3.8, 4) is 0 Å². The van der Waals surface area contributed by atoms with Gasteiger partial charge in [-0.25, -0.2) is 0 Å². The van der Waals surface area contributed by atoms with Crippen molar-refractivity contribution >= 4 is 11.8 Å². The van der Waals surface area contributed by atoms with Gasteiger partial charge in [-0.15, -0.1) is 0 Å². The number of carbonyl (C=O) groups is 2. The fourth-order valence-electron chi connectivity index (χ4n) is 3.78. The lowest BCUT2D eigenvalue weighted by atomic mass is 9.96. The van der Waals surface area contributed by atoms with Crippen LogP contribution in [-0.2, 0) is 37.3 Å². The summed E-state index contributed by atoms with van der Waals surface area (Å²) in [6.45, 7) is 6.07. The number of nitrogens with one attached hydrogen (secondary N) is 1. The third-order valence-electron chi connectivity index (χ3n) is 5.25. The molecule has 0 saturated carbocycles. The molecular formula is C19H25N5O3. The fourth-order valence-corrected chi connectivity index (χ4v) is 3.78. The topological polar surface area (TPSA) is 93.3 Å². The van der Waals surface area contributed by atoms with Crippen LogP contribution in [0.4, 0.5) is 0 Å². The molecule has 2 amide bonds. The summed E-state index contributed by atoms with van der Waals surface area (Å²) in [7, 11) is 0. The molecule has 144 valence electrons. The number of fused-ring (bicyclic) bond motifs is 2. The second-order valence-electron chi connectivity index (χ2n) is 7.59. The molecule has 0 radical (unpaired) electrons. The van der Waals surface area contributed by atoms with Crippen molar-refractivity contribution < 1.29 is 14.1 Å². The number of hydrogen-bond donors (Lipinski definition) is 1. The molecule has 0 bridgehead atoms. The van der Waals surface area contributed by atoms with E-state index in [0.717, 1.165) is 48.4 Å². The largest absolute Gasteiger partial charge is 0.360 e. The summed E-state index contributed by atoms with van der Waals surface area (Å²) >= 11 is 0. The maximum Gasteiger partial charge on any atom is 0.274 e. The maximum absolute atomic E-state index is 12.5. The third kappa shape index (κ3) is 3.48. The lowest BCUT2D eigenvalue weighted by Crippen LogP contribution is -2.40. The van der Waals surface area contributed by atoms with Crippen LogP contribution in [0, 0.1) is 5.92 Å². The van der Waals surface area contributed by atoms with Crippen LogP contribution in [0.15, 0.2) is 10.6 Å². The van der Waals surface area contributed by atoms with E-state index in [2.05, 4.69) is 15.6 Å². The molecule has 0 unspecified atom stereocenters. The fraction of sp³-hybridized carbons (Fsp3) is 0.579. The van der Waals surface area contributed by atoms with Gasteiger partial charge in [-0.05, 0) is 25.3 Å². The van der Waals surface area contributed by atoms with Crippen LogP contribution in [-0.4, -0.2) is 38.2 Å². The van der Waals surface area contributed by atoms with Crippen LogP contribution in [0.5, 0.6) is 0 Å². The molecule has 3 heterocycles. The van der Waals surface area contributed by atoms with Gasteiger partial charge in [0.15, 0.2) is 5.69 Å². The van der Waals surface area contributed by atoms with E-state index in [1.165, 1.54) is 0 Å². The van der Waals surface area contributed by atoms with Crippen LogP contribution >= 0.6 is 0 Å². The molecule has 1 N–H and O–H groups in total. The Balaban J connectivity index is 1.39. The molecule has 0 saturated heterocycles. The molecule has 8 nitrogen and oxygen atoms in total. The van der Waals surface area contributed by atoms with E-state index in [1.54, 1.807) is 0 Å². The first kappa shape index (κ1) is 17.8. The molecule has 2 aromatic heterocycles. The summed E-state index contributed by atoms with van der Waals surface area (Å²) in [4.78, 5) is 26.6. The normalized spacial score (nSPS) is 16.2. The van der Waals surface area contributed by atoms with E-state index in [0.29, 0.717) is 31.9 Å². The minimum Gasteiger partial charge on any atom is -0.360 e. The van der Waals surface area contributed by atoms with Crippen LogP contribution in [0.1, 0.15) is 59.9 Å². The molecule has 27 heavy (non-hydrogen) atoms. The van der Waals surface area contributed by atoms with E-state index >= 15 is 0 Å². The summed E-state index contributed by atoms with van der Waals surface area (Å²) in [5.74, 6) is 0.781. The number of nitrogens with zero attached hydrogens (tertiary/aromatic N) is 4. The third-order valence-corrected chi connectivity index (χ3v) is 5.25. The summed E-state index contributed by atoms with van der Waals surface area (Å²) in [6.07, 6.45) is 3.85. The Bertz CT molecular complexity index is 867. The van der Waals surface area contributed by atoms with Crippen LogP contribution < -0.4 is 5.32 Å². The Morgan fingerprint density at radius 3 is 2.89 bits per heavy atom. The van der Waals surface area contributed by atoms with Gasteiger partial charge >= 0.3 is 0 Å². The van der Waals surface area contributed by atoms with Crippen molar-refractivity contribution in [2.75, 3.05) is 6.54 Å². The van der Waals surface area contributed by atoms with Gasteiger partial charge in [-0.2, -0.15) is 5.10 Å². The zero-order valence-electron chi connectivity index (χ0n) is 15.8. The first-order valence-electron chi connectivity index (χ1n) is 9.63. The van der Waals surface area contributed by atoms with Gasteiger partial charge in [-0.1, -0.05) is 19.0 Å². The SMILES string of the molecule is CC(C)C(=O)N1CCn2nc(CNC(=O)c3noc4c3CCCC4)cc2C1. The van der Waals surface area contributed by atoms with Gasteiger partial charge in [0.2, 0.25) is 5.91 Å². The van der Waals surface area contributed by atoms with E-state index in [-0.39, 0.29) is 17.7 Å². The molecule has 0 aromatic carbocycles. The molecule has 0 spiro atoms. The van der Waals surface area contributed by atoms with Gasteiger partial charge in [-0.3, -0.25) is 14.3 Å². The average molecular weight is 371 g/mol. The predicted octanol–water partition coefficient (Wildman–Crippen LogP) is 1.68. The molecule has 1 aliphatic heterocycles. The first-order chi connectivity index (χ1) is 13.0. The molecule has 0 fully saturated rings. The van der Waals surface area contributed by atoms with E-state index in [4.69, 9.17) is 4.52 Å². The quantitative estimate of drug-likeness (QED) is 0.883. The number of rotatable bonds is 4. The van der Waals surface area contributed by atoms with E-state index < -0.39 is 0 Å². The smallest absolute Gasteiger partial charge is 0.274 e. The summed E-state index contributed by atoms with van der Waals surface area (Å²) in [5.41, 5.74) is 3.14. The monoisotopic (exact) mass is 371 g/mol. The second kappa shape index (κ2) is 7.17. The van der Waals surface area contributed by atoms with E-state index in [1.807, 2.05) is 29.5 Å². The second-order valence-corrected chi connectivity index (χ2v) is 7.59. The van der Waals surface area contributed by atoms with Crippen molar-refractivity contribution in [1.29, 1.82) is 0 Å². The Kier molecular flexibility index (Phi) is 4.72. The highest BCUT2D eigenvalue weighted by Crippen LogP contribution is 2.24. The Hall–Kier alpha value is -2.64. The van der Waals surface area contributed by atoms with Crippen molar-refractivity contribution in [2.24, 2.45) is 5.92 Å². The summed E-state index contributed by atoms with van der Waals surface area (Å²) in [6, 6.07) is 1.96. The van der Waals surface area contributed by atoms with Gasteiger partial charge in [0.1, 0.15) is 5.76 Å². The van der Waals surface area contributed by atoms with Crippen molar-refractivity contribution in [2.45, 2.75) is 59.2 Å². The number of aryl methyl sites for hydroxylation is 1. The number of aromatic nitrogens is 3. The van der Waals surface area contributed by atoms with Crippen molar-refractivity contribution in [1.82, 2.24) is 25.2 Å². The van der Waals surface area contributed by atoms with Gasteiger partial charge < -0.3 is 14.7 Å². The summed E-state index contributed by atoms with van der Waals surface area (Å²) in [5, 5.41) is 11.4. The number of amides is 2. The van der Waals surface area contributed by atoms with Gasteiger partial charge in [0.25, 0.3) is 5.91 Å². The van der Waals surface area contributed by atoms with Crippen molar-refractivity contribution in [3.63, 3.8) is 0 Å². The highest BCUT2D eigenvalue weighted by Gasteiger charge is 2.25. The molecule has 4 rings (SSSR count). The van der Waals surface area contributed by atoms with Crippen LogP contribution in [0.25, 0.3) is 0 Å². The minimum absolute atomic E-state index is 0.00776. The molecule has 2 aliphatic rings. The minimum atomic E-state index is -0.218. The molecular weight excluding hydrogens is 346 g/mol. The van der Waals surface area contributed by atoms with Crippen LogP contribution in [0.2, 0.25) is 0 Å². The standard InChI is InChI=1S/C19H25N5O3/c1-12(2)19(26)23-7-8-24-14(11-23)9-13(21-24)10-20-18(25)17-15-5-3-4-6-16(15)27-22-17/h9,12H,3-8,10-11H2,1-2H3,(H,20,25). The van der Waals surface area contributed by atoms with Gasteiger partial charge in [0, 0.05) is 24.4 Å². The zero-order chi connectivity index (χ0) is 19.0. The lowest BCUT2D eigenvalue weighted by molar-refractivity contribution is -0.136. The lowest BCUT2D eigenvalue weighted by Gasteiger charge is -2.29. The highest BCUT2D eigenvalue weighted by molar-refractivity contribution is 5.93. The molecule has 1 aliphatic carbocycles. The van der Waals surface area contributed by atoms with Gasteiger partial charge in [0.05, 0.1) is 31.0 Å².